The van der Waals surface area contributed by atoms with Gasteiger partial charge in [0.25, 0.3) is 0 Å². The van der Waals surface area contributed by atoms with Crippen LogP contribution in [0.3, 0.4) is 0 Å². The van der Waals surface area contributed by atoms with Crippen LogP contribution in [0.1, 0.15) is 25.7 Å². The van der Waals surface area contributed by atoms with Gasteiger partial charge in [-0.25, -0.2) is 0 Å². The van der Waals surface area contributed by atoms with Crippen LogP contribution in [-0.4, -0.2) is 83.4 Å². The van der Waals surface area contributed by atoms with E-state index in [2.05, 4.69) is 4.90 Å². The maximum atomic E-state index is 10.8. The molecule has 0 bridgehead atoms. The van der Waals surface area contributed by atoms with Crippen molar-refractivity contribution in [1.29, 1.82) is 0 Å². The summed E-state index contributed by atoms with van der Waals surface area (Å²) in [5.74, 6) is 1.76. The van der Waals surface area contributed by atoms with E-state index in [1.165, 1.54) is 30.8 Å². The fourth-order valence-corrected chi connectivity index (χ4v) is 5.12. The number of carbonyl (C=O) groups is 1. The lowest BCUT2D eigenvalue weighted by Crippen LogP contribution is -2.56. The molecule has 0 aromatic heterocycles. The number of rotatable bonds is 3. The Morgan fingerprint density at radius 2 is 1.95 bits per heavy atom. The van der Waals surface area contributed by atoms with Gasteiger partial charge in [0.05, 0.1) is 12.1 Å². The largest absolute Gasteiger partial charge is 0.480 e. The predicted molar refractivity (Wildman–Crippen MR) is 83.9 cm³/mol. The van der Waals surface area contributed by atoms with E-state index >= 15 is 0 Å². The molecule has 3 aliphatic rings. The predicted octanol–water partition coefficient (Wildman–Crippen LogP) is 1.13. The summed E-state index contributed by atoms with van der Waals surface area (Å²) in [5, 5.41) is 8.87. The quantitative estimate of drug-likeness (QED) is 0.843. The zero-order chi connectivity index (χ0) is 14.7. The smallest absolute Gasteiger partial charge is 0.317 e. The number of aliphatic carboxylic acids is 1. The number of nitrogens with zero attached hydrogens (tertiary/aromatic N) is 2. The summed E-state index contributed by atoms with van der Waals surface area (Å²) in [6.07, 6.45) is 4.71. The van der Waals surface area contributed by atoms with Crippen molar-refractivity contribution in [3.05, 3.63) is 0 Å². The third-order valence-corrected chi connectivity index (χ3v) is 6.14. The van der Waals surface area contributed by atoms with Gasteiger partial charge in [0, 0.05) is 38.8 Å². The summed E-state index contributed by atoms with van der Waals surface area (Å²) >= 11 is 2.05. The van der Waals surface area contributed by atoms with Crippen LogP contribution in [-0.2, 0) is 9.53 Å². The average Bonchev–Trinajstić information content (AvgIpc) is 2.48. The highest BCUT2D eigenvalue weighted by molar-refractivity contribution is 7.99. The SMILES string of the molecule is O=C(O)CN1CCN(C2CCOC3(CCSCC3)C2)CC1. The normalized spacial score (nSPS) is 31.3. The molecule has 6 heteroatoms. The minimum absolute atomic E-state index is 0.145. The molecule has 120 valence electrons. The van der Waals surface area contributed by atoms with E-state index in [1.807, 2.05) is 16.7 Å². The molecule has 3 fully saturated rings. The Hall–Kier alpha value is -0.300. The molecule has 3 saturated heterocycles. The highest BCUT2D eigenvalue weighted by Gasteiger charge is 2.40. The van der Waals surface area contributed by atoms with Crippen LogP contribution in [0.15, 0.2) is 0 Å². The number of piperazine rings is 1. The van der Waals surface area contributed by atoms with Crippen molar-refractivity contribution in [3.8, 4) is 0 Å². The lowest BCUT2D eigenvalue weighted by atomic mass is 9.84. The second-order valence-corrected chi connectivity index (χ2v) is 7.72. The lowest BCUT2D eigenvalue weighted by molar-refractivity contribution is -0.139. The van der Waals surface area contributed by atoms with Crippen LogP contribution >= 0.6 is 11.8 Å². The Morgan fingerprint density at radius 1 is 1.24 bits per heavy atom. The molecule has 3 aliphatic heterocycles. The maximum absolute atomic E-state index is 10.8. The van der Waals surface area contributed by atoms with Crippen molar-refractivity contribution < 1.29 is 14.6 Å². The van der Waals surface area contributed by atoms with E-state index in [4.69, 9.17) is 9.84 Å². The Bertz CT molecular complexity index is 360. The Labute approximate surface area is 131 Å². The molecule has 5 nitrogen and oxygen atoms in total. The van der Waals surface area contributed by atoms with Gasteiger partial charge in [0.15, 0.2) is 0 Å². The molecule has 21 heavy (non-hydrogen) atoms. The zero-order valence-electron chi connectivity index (χ0n) is 12.6. The molecule has 0 amide bonds. The Kier molecular flexibility index (Phi) is 5.09. The maximum Gasteiger partial charge on any atom is 0.317 e. The van der Waals surface area contributed by atoms with Crippen molar-refractivity contribution in [1.82, 2.24) is 9.80 Å². The van der Waals surface area contributed by atoms with E-state index in [9.17, 15) is 4.79 Å². The molecule has 1 atom stereocenters. The van der Waals surface area contributed by atoms with Crippen LogP contribution in [0.2, 0.25) is 0 Å². The summed E-state index contributed by atoms with van der Waals surface area (Å²) in [6.45, 7) is 4.85. The van der Waals surface area contributed by atoms with Gasteiger partial charge in [0.2, 0.25) is 0 Å². The lowest BCUT2D eigenvalue weighted by Gasteiger charge is -2.48. The van der Waals surface area contributed by atoms with Gasteiger partial charge in [-0.05, 0) is 37.2 Å². The topological polar surface area (TPSA) is 53.0 Å². The van der Waals surface area contributed by atoms with Crippen molar-refractivity contribution in [3.63, 3.8) is 0 Å². The first-order chi connectivity index (χ1) is 10.2. The van der Waals surface area contributed by atoms with Gasteiger partial charge in [-0.15, -0.1) is 0 Å². The van der Waals surface area contributed by atoms with Gasteiger partial charge < -0.3 is 9.84 Å². The minimum Gasteiger partial charge on any atom is -0.480 e. The molecule has 1 N–H and O–H groups in total. The molecule has 0 aromatic rings. The van der Waals surface area contributed by atoms with E-state index in [-0.39, 0.29) is 12.1 Å². The van der Waals surface area contributed by atoms with Crippen LogP contribution in [0, 0.1) is 0 Å². The van der Waals surface area contributed by atoms with Crippen molar-refractivity contribution in [2.75, 3.05) is 50.8 Å². The summed E-state index contributed by atoms with van der Waals surface area (Å²) < 4.78 is 6.17. The fraction of sp³-hybridized carbons (Fsp3) is 0.933. The summed E-state index contributed by atoms with van der Waals surface area (Å²) in [5.41, 5.74) is 0.145. The number of hydrogen-bond donors (Lipinski definition) is 1. The molecular formula is C15H26N2O3S. The number of ether oxygens (including phenoxy) is 1. The summed E-state index contributed by atoms with van der Waals surface area (Å²) in [7, 11) is 0. The standard InChI is InChI=1S/C15H26N2O3S/c18-14(19)12-16-4-6-17(7-5-16)13-1-8-20-15(11-13)2-9-21-10-3-15/h13H,1-12H2,(H,18,19). The van der Waals surface area contributed by atoms with Crippen LogP contribution in [0.4, 0.5) is 0 Å². The van der Waals surface area contributed by atoms with Crippen LogP contribution in [0.5, 0.6) is 0 Å². The van der Waals surface area contributed by atoms with E-state index in [1.54, 1.807) is 0 Å². The highest BCUT2D eigenvalue weighted by atomic mass is 32.2. The van der Waals surface area contributed by atoms with Crippen molar-refractivity contribution >= 4 is 17.7 Å². The van der Waals surface area contributed by atoms with Gasteiger partial charge in [-0.1, -0.05) is 0 Å². The number of carboxylic acids is 1. The van der Waals surface area contributed by atoms with Gasteiger partial charge in [-0.2, -0.15) is 11.8 Å². The average molecular weight is 314 g/mol. The second-order valence-electron chi connectivity index (χ2n) is 6.50. The monoisotopic (exact) mass is 314 g/mol. The van der Waals surface area contributed by atoms with E-state index < -0.39 is 5.97 Å². The van der Waals surface area contributed by atoms with E-state index in [0.29, 0.717) is 6.04 Å². The van der Waals surface area contributed by atoms with Crippen LogP contribution < -0.4 is 0 Å². The van der Waals surface area contributed by atoms with Crippen LogP contribution in [0.25, 0.3) is 0 Å². The molecule has 3 heterocycles. The van der Waals surface area contributed by atoms with Gasteiger partial charge in [-0.3, -0.25) is 14.6 Å². The van der Waals surface area contributed by atoms with Crippen molar-refractivity contribution in [2.45, 2.75) is 37.3 Å². The fourth-order valence-electron chi connectivity index (χ4n) is 3.88. The molecule has 1 spiro atoms. The first kappa shape index (κ1) is 15.6. The zero-order valence-corrected chi connectivity index (χ0v) is 13.4. The molecule has 1 unspecified atom stereocenters. The van der Waals surface area contributed by atoms with E-state index in [0.717, 1.165) is 39.2 Å². The van der Waals surface area contributed by atoms with Crippen molar-refractivity contribution in [2.24, 2.45) is 0 Å². The third-order valence-electron chi connectivity index (χ3n) is 5.15. The summed E-state index contributed by atoms with van der Waals surface area (Å²) in [4.78, 5) is 15.4. The highest BCUT2D eigenvalue weighted by Crippen LogP contribution is 2.39. The third kappa shape index (κ3) is 3.92. The van der Waals surface area contributed by atoms with Gasteiger partial charge in [0.1, 0.15) is 0 Å². The second kappa shape index (κ2) is 6.86. The minimum atomic E-state index is -0.715. The summed E-state index contributed by atoms with van der Waals surface area (Å²) in [6, 6.07) is 0.633. The van der Waals surface area contributed by atoms with Gasteiger partial charge >= 0.3 is 5.97 Å². The molecule has 0 radical (unpaired) electrons. The number of carboxylic acid groups (broad SMARTS) is 1. The first-order valence-electron chi connectivity index (χ1n) is 8.07. The molecular weight excluding hydrogens is 288 g/mol. The Balaban J connectivity index is 1.52. The molecule has 0 aromatic carbocycles. The molecule has 3 rings (SSSR count). The Morgan fingerprint density at radius 3 is 2.62 bits per heavy atom. The molecule has 0 saturated carbocycles. The first-order valence-corrected chi connectivity index (χ1v) is 9.22. The molecule has 0 aliphatic carbocycles. The number of hydrogen-bond acceptors (Lipinski definition) is 5. The number of thioether (sulfide) groups is 1.